The molecule has 0 bridgehead atoms. The first-order chi connectivity index (χ1) is 18.8. The second-order valence-electron chi connectivity index (χ2n) is 9.51. The second kappa shape index (κ2) is 11.4. The zero-order valence-electron chi connectivity index (χ0n) is 21.3. The Hall–Kier alpha value is -3.72. The molecule has 2 saturated heterocycles. The van der Waals surface area contributed by atoms with Crippen LogP contribution in [0.15, 0.2) is 16.7 Å². The molecule has 4 heterocycles. The van der Waals surface area contributed by atoms with E-state index in [2.05, 4.69) is 36.3 Å². The topological polar surface area (TPSA) is 256 Å². The van der Waals surface area contributed by atoms with E-state index in [4.69, 9.17) is 10.6 Å². The van der Waals surface area contributed by atoms with Gasteiger partial charge in [0.05, 0.1) is 18.4 Å². The smallest absolute Gasteiger partial charge is 0.362 e. The van der Waals surface area contributed by atoms with Crippen molar-refractivity contribution in [1.29, 1.82) is 0 Å². The molecule has 0 unspecified atom stereocenters. The fourth-order valence-corrected chi connectivity index (χ4v) is 5.32. The van der Waals surface area contributed by atoms with Crippen LogP contribution in [-0.4, -0.2) is 103 Å². The van der Waals surface area contributed by atoms with Crippen LogP contribution in [0.2, 0.25) is 0 Å². The van der Waals surface area contributed by atoms with Gasteiger partial charge >= 0.3 is 16.3 Å². The summed E-state index contributed by atoms with van der Waals surface area (Å²) in [6.45, 7) is 4.24. The van der Waals surface area contributed by atoms with Crippen molar-refractivity contribution >= 4 is 50.3 Å². The third-order valence-electron chi connectivity index (χ3n) is 6.13. The fraction of sp³-hybridized carbons (Fsp3) is 0.550. The van der Waals surface area contributed by atoms with Crippen LogP contribution in [0.1, 0.15) is 31.7 Å². The molecular formula is C20H28N10O8S2. The van der Waals surface area contributed by atoms with Gasteiger partial charge in [0.25, 0.3) is 11.8 Å². The van der Waals surface area contributed by atoms with Gasteiger partial charge in [-0.15, -0.1) is 11.3 Å². The number of nitrogens with two attached hydrogens (primary N) is 1. The number of nitrogens with zero attached hydrogens (tertiary/aromatic N) is 6. The van der Waals surface area contributed by atoms with Gasteiger partial charge in [0.1, 0.15) is 17.8 Å². The maximum Gasteiger partial charge on any atom is 0.362 e. The summed E-state index contributed by atoms with van der Waals surface area (Å²) in [5, 5.41) is 31.6. The molecule has 2 aromatic heterocycles. The summed E-state index contributed by atoms with van der Waals surface area (Å²) >= 11 is 0.967. The van der Waals surface area contributed by atoms with Crippen LogP contribution in [-0.2, 0) is 42.6 Å². The molecule has 0 aliphatic carbocycles. The number of anilines is 1. The van der Waals surface area contributed by atoms with Crippen molar-refractivity contribution in [1.82, 2.24) is 40.2 Å². The largest absolute Gasteiger partial charge is 0.478 e. The molecule has 4 rings (SSSR count). The average molecular weight is 601 g/mol. The van der Waals surface area contributed by atoms with E-state index in [1.54, 1.807) is 0 Å². The Balaban J connectivity index is 1.52. The molecule has 2 amide bonds. The first kappa shape index (κ1) is 29.3. The monoisotopic (exact) mass is 600 g/mol. The molecule has 2 fully saturated rings. The van der Waals surface area contributed by atoms with Gasteiger partial charge in [0.2, 0.25) is 5.60 Å². The molecule has 0 saturated carbocycles. The quantitative estimate of drug-likeness (QED) is 0.0640. The SMILES string of the molecule is CC(C)(O/N=C(\C(=O)N[C@@H]1C(=O)N(S(=O)(=O)O)[C@@H]1Cn1ncc(CN[C@@H]2CCNC2)n1)c1csc(N)n1)C(=O)O. The Morgan fingerprint density at radius 3 is 2.75 bits per heavy atom. The Bertz CT molecular complexity index is 1420. The number of aromatic nitrogens is 4. The summed E-state index contributed by atoms with van der Waals surface area (Å²) in [5.41, 5.74) is 3.81. The third-order valence-corrected chi connectivity index (χ3v) is 7.75. The van der Waals surface area contributed by atoms with Crippen LogP contribution in [0.3, 0.4) is 0 Å². The number of carbonyl (C=O) groups excluding carboxylic acids is 2. The van der Waals surface area contributed by atoms with Crippen molar-refractivity contribution in [3.8, 4) is 0 Å². The van der Waals surface area contributed by atoms with Crippen LogP contribution in [0.25, 0.3) is 0 Å². The maximum atomic E-state index is 13.2. The van der Waals surface area contributed by atoms with E-state index in [9.17, 15) is 32.5 Å². The summed E-state index contributed by atoms with van der Waals surface area (Å²) in [7, 11) is -4.98. The number of carbonyl (C=O) groups is 3. The zero-order valence-corrected chi connectivity index (χ0v) is 23.0. The molecule has 218 valence electrons. The Morgan fingerprint density at radius 2 is 2.15 bits per heavy atom. The molecule has 0 radical (unpaired) electrons. The van der Waals surface area contributed by atoms with Crippen molar-refractivity contribution < 1.29 is 37.3 Å². The lowest BCUT2D eigenvalue weighted by atomic mass is 9.98. The number of carboxylic acids is 1. The minimum atomic E-state index is -4.98. The number of rotatable bonds is 12. The van der Waals surface area contributed by atoms with Gasteiger partial charge in [0.15, 0.2) is 10.8 Å². The zero-order chi connectivity index (χ0) is 29.2. The van der Waals surface area contributed by atoms with E-state index in [0.29, 0.717) is 12.2 Å². The van der Waals surface area contributed by atoms with E-state index in [1.807, 2.05) is 0 Å². The van der Waals surface area contributed by atoms with E-state index < -0.39 is 51.5 Å². The molecule has 0 aromatic carbocycles. The lowest BCUT2D eigenvalue weighted by Gasteiger charge is -2.43. The number of oxime groups is 1. The number of carboxylic acid groups (broad SMARTS) is 1. The number of nitrogens with one attached hydrogen (secondary N) is 3. The summed E-state index contributed by atoms with van der Waals surface area (Å²) < 4.78 is 33.6. The van der Waals surface area contributed by atoms with Crippen molar-refractivity contribution in [2.75, 3.05) is 18.8 Å². The minimum Gasteiger partial charge on any atom is -0.478 e. The highest BCUT2D eigenvalue weighted by Gasteiger charge is 2.54. The first-order valence-electron chi connectivity index (χ1n) is 11.9. The van der Waals surface area contributed by atoms with Gasteiger partial charge in [-0.3, -0.25) is 14.1 Å². The summed E-state index contributed by atoms with van der Waals surface area (Å²) in [5.74, 6) is -3.52. The summed E-state index contributed by atoms with van der Waals surface area (Å²) in [6.07, 6.45) is 2.43. The van der Waals surface area contributed by atoms with Gasteiger partial charge in [-0.25, -0.2) is 14.1 Å². The summed E-state index contributed by atoms with van der Waals surface area (Å²) in [4.78, 5) is 47.4. The second-order valence-corrected chi connectivity index (χ2v) is 11.7. The Kier molecular flexibility index (Phi) is 8.35. The molecule has 40 heavy (non-hydrogen) atoms. The molecule has 18 nitrogen and oxygen atoms in total. The minimum absolute atomic E-state index is 0.0699. The number of hydrogen-bond acceptors (Lipinski definition) is 14. The van der Waals surface area contributed by atoms with Gasteiger partial charge in [-0.2, -0.15) is 23.4 Å². The molecule has 2 aliphatic rings. The molecule has 3 atom stereocenters. The maximum absolute atomic E-state index is 13.2. The number of hydrogen-bond donors (Lipinski definition) is 6. The number of thiazole rings is 1. The molecular weight excluding hydrogens is 572 g/mol. The van der Waals surface area contributed by atoms with Crippen molar-refractivity contribution in [2.24, 2.45) is 5.16 Å². The van der Waals surface area contributed by atoms with E-state index in [1.165, 1.54) is 25.4 Å². The van der Waals surface area contributed by atoms with Gasteiger partial charge in [0, 0.05) is 24.5 Å². The van der Waals surface area contributed by atoms with Crippen LogP contribution in [0.4, 0.5) is 5.13 Å². The van der Waals surface area contributed by atoms with Gasteiger partial charge in [-0.05, 0) is 26.8 Å². The molecule has 2 aliphatic heterocycles. The van der Waals surface area contributed by atoms with Gasteiger partial charge < -0.3 is 31.6 Å². The first-order valence-corrected chi connectivity index (χ1v) is 14.2. The normalized spacial score (nSPS) is 21.8. The van der Waals surface area contributed by atoms with Gasteiger partial charge in [-0.1, -0.05) is 5.16 Å². The molecule has 2 aromatic rings. The van der Waals surface area contributed by atoms with Crippen LogP contribution in [0, 0.1) is 0 Å². The fourth-order valence-electron chi connectivity index (χ4n) is 3.90. The number of amides is 2. The number of nitrogen functional groups attached to an aromatic ring is 1. The van der Waals surface area contributed by atoms with Crippen molar-refractivity contribution in [3.05, 3.63) is 23.0 Å². The molecule has 7 N–H and O–H groups in total. The summed E-state index contributed by atoms with van der Waals surface area (Å²) in [6, 6.07) is -2.46. The van der Waals surface area contributed by atoms with E-state index >= 15 is 0 Å². The van der Waals surface area contributed by atoms with Crippen LogP contribution >= 0.6 is 11.3 Å². The molecule has 20 heteroatoms. The predicted molar refractivity (Wildman–Crippen MR) is 138 cm³/mol. The highest BCUT2D eigenvalue weighted by Crippen LogP contribution is 2.25. The lowest BCUT2D eigenvalue weighted by Crippen LogP contribution is -2.73. The van der Waals surface area contributed by atoms with Crippen LogP contribution in [0.5, 0.6) is 0 Å². The van der Waals surface area contributed by atoms with Crippen molar-refractivity contribution in [2.45, 2.75) is 57.1 Å². The van der Waals surface area contributed by atoms with Crippen LogP contribution < -0.4 is 21.7 Å². The third kappa shape index (κ3) is 6.53. The van der Waals surface area contributed by atoms with E-state index in [0.717, 1.165) is 35.6 Å². The Morgan fingerprint density at radius 1 is 1.40 bits per heavy atom. The molecule has 0 spiro atoms. The van der Waals surface area contributed by atoms with Crippen molar-refractivity contribution in [3.63, 3.8) is 0 Å². The average Bonchev–Trinajstić information content (AvgIpc) is 3.63. The number of β-lactam (4-membered cyclic amide) rings is 1. The Labute approximate surface area is 231 Å². The standard InChI is InChI=1S/C20H28N10O8S2/c1-20(2,18(33)34)38-28-14(12-9-39-19(21)25-12)16(31)26-15-13(30(17(15)32)40(35,36)37)8-29-24-7-11(27-29)6-23-10-3-4-22-5-10/h7,9-10,13,15,22-23H,3-6,8H2,1-2H3,(H2,21,25)(H,26,31)(H,33,34)(H,35,36,37)/b28-14-/t10-,13-,15+/m1/s1. The highest BCUT2D eigenvalue weighted by molar-refractivity contribution is 7.84. The predicted octanol–water partition coefficient (Wildman–Crippen LogP) is -2.45. The highest BCUT2D eigenvalue weighted by atomic mass is 32.2. The number of aliphatic carboxylic acids is 1. The lowest BCUT2D eigenvalue weighted by molar-refractivity contribution is -0.161. The van der Waals surface area contributed by atoms with E-state index in [-0.39, 0.29) is 27.7 Å².